The van der Waals surface area contributed by atoms with Crippen LogP contribution in [0.5, 0.6) is 5.75 Å². The minimum absolute atomic E-state index is 0.119. The second-order valence-electron chi connectivity index (χ2n) is 13.9. The number of benzene rings is 3. The number of carbonyl (C=O) groups excluding carboxylic acids is 2. The molecule has 2 amide bonds. The average molecular weight is 719 g/mol. The van der Waals surface area contributed by atoms with Gasteiger partial charge in [-0.25, -0.2) is 9.97 Å². The number of carbonyl (C=O) groups is 3. The van der Waals surface area contributed by atoms with Crippen molar-refractivity contribution in [3.63, 3.8) is 0 Å². The molecule has 0 unspecified atom stereocenters. The number of carboxylic acid groups (broad SMARTS) is 1. The van der Waals surface area contributed by atoms with Gasteiger partial charge in [-0.3, -0.25) is 14.4 Å². The SMILES string of the molecule is CCCCCOc1ccc(-c2ccc(-c3cnc(-c4ccc(C[C@H](NC(=O)c5ccc(C(C)(C)C)s5)C(=O)N[C@H](C)C(=O)O)cc4)nc3)cc2)cc1. The second kappa shape index (κ2) is 17.2. The molecule has 0 saturated heterocycles. The number of hydrogen-bond acceptors (Lipinski definition) is 7. The molecule has 0 aliphatic rings. The van der Waals surface area contributed by atoms with Crippen LogP contribution >= 0.6 is 11.3 Å². The number of carboxylic acids is 1. The van der Waals surface area contributed by atoms with Crippen LogP contribution < -0.4 is 15.4 Å². The molecule has 270 valence electrons. The van der Waals surface area contributed by atoms with Crippen molar-refractivity contribution >= 4 is 29.1 Å². The van der Waals surface area contributed by atoms with Gasteiger partial charge in [0, 0.05) is 34.8 Å². The smallest absolute Gasteiger partial charge is 0.325 e. The molecule has 0 saturated carbocycles. The van der Waals surface area contributed by atoms with Crippen LogP contribution in [-0.2, 0) is 21.4 Å². The number of aromatic nitrogens is 2. The summed E-state index contributed by atoms with van der Waals surface area (Å²) in [6, 6.07) is 25.5. The number of thiophene rings is 1. The van der Waals surface area contributed by atoms with E-state index in [1.54, 1.807) is 18.5 Å². The highest BCUT2D eigenvalue weighted by atomic mass is 32.1. The summed E-state index contributed by atoms with van der Waals surface area (Å²) >= 11 is 1.37. The zero-order valence-electron chi connectivity index (χ0n) is 30.3. The molecular formula is C42H46N4O5S. The van der Waals surface area contributed by atoms with Crippen molar-refractivity contribution in [2.24, 2.45) is 0 Å². The predicted molar refractivity (Wildman–Crippen MR) is 207 cm³/mol. The first-order valence-corrected chi connectivity index (χ1v) is 18.4. The third-order valence-corrected chi connectivity index (χ3v) is 10.2. The van der Waals surface area contributed by atoms with Crippen LogP contribution in [0.2, 0.25) is 0 Å². The standard InChI is InChI=1S/C42H46N4O5S/c1-6-7-8-23-51-34-19-17-30(18-20-34)29-13-15-31(16-14-29)33-25-43-38(44-26-33)32-11-9-28(10-12-32)24-35(39(47)45-27(2)41(49)50)46-40(48)36-21-22-37(52-36)42(3,4)5/h9-22,25-27,35H,6-8,23-24H2,1-5H3,(H,45,47)(H,46,48)(H,49,50)/t27-,35+/m1/s1. The van der Waals surface area contributed by atoms with Crippen LogP contribution in [0.3, 0.4) is 0 Å². The van der Waals surface area contributed by atoms with Gasteiger partial charge >= 0.3 is 5.97 Å². The van der Waals surface area contributed by atoms with Crippen LogP contribution in [0.1, 0.15) is 74.0 Å². The summed E-state index contributed by atoms with van der Waals surface area (Å²) < 4.78 is 5.84. The molecule has 10 heteroatoms. The highest BCUT2D eigenvalue weighted by molar-refractivity contribution is 7.14. The summed E-state index contributed by atoms with van der Waals surface area (Å²) in [6.45, 7) is 10.5. The van der Waals surface area contributed by atoms with E-state index in [0.29, 0.717) is 10.7 Å². The number of amides is 2. The second-order valence-corrected chi connectivity index (χ2v) is 14.9. The lowest BCUT2D eigenvalue weighted by molar-refractivity contribution is -0.141. The Labute approximate surface area is 309 Å². The Morgan fingerprint density at radius 1 is 0.769 bits per heavy atom. The Morgan fingerprint density at radius 3 is 1.90 bits per heavy atom. The zero-order valence-corrected chi connectivity index (χ0v) is 31.1. The number of hydrogen-bond donors (Lipinski definition) is 3. The number of nitrogens with one attached hydrogen (secondary N) is 2. The van der Waals surface area contributed by atoms with E-state index in [2.05, 4.69) is 84.7 Å². The molecule has 3 aromatic carbocycles. The average Bonchev–Trinajstić information content (AvgIpc) is 3.66. The van der Waals surface area contributed by atoms with E-state index in [0.717, 1.165) is 57.0 Å². The normalized spacial score (nSPS) is 12.5. The van der Waals surface area contributed by atoms with Crippen molar-refractivity contribution in [2.45, 2.75) is 77.8 Å². The molecule has 3 N–H and O–H groups in total. The molecule has 2 aromatic heterocycles. The Kier molecular flexibility index (Phi) is 12.6. The van der Waals surface area contributed by atoms with Gasteiger partial charge in [-0.2, -0.15) is 0 Å². The molecule has 2 heterocycles. The summed E-state index contributed by atoms with van der Waals surface area (Å²) in [4.78, 5) is 48.5. The lowest BCUT2D eigenvalue weighted by Crippen LogP contribution is -2.51. The molecule has 9 nitrogen and oxygen atoms in total. The Bertz CT molecular complexity index is 1950. The zero-order chi connectivity index (χ0) is 37.3. The van der Waals surface area contributed by atoms with Crippen molar-refractivity contribution in [1.29, 1.82) is 0 Å². The lowest BCUT2D eigenvalue weighted by Gasteiger charge is -2.20. The summed E-state index contributed by atoms with van der Waals surface area (Å²) in [5.41, 5.74) is 5.57. The molecule has 0 radical (unpaired) electrons. The maximum absolute atomic E-state index is 13.2. The molecule has 2 atom stereocenters. The van der Waals surface area contributed by atoms with Gasteiger partial charge in [0.05, 0.1) is 11.5 Å². The van der Waals surface area contributed by atoms with Crippen molar-refractivity contribution in [1.82, 2.24) is 20.6 Å². The molecule has 0 bridgehead atoms. The first-order valence-electron chi connectivity index (χ1n) is 17.6. The van der Waals surface area contributed by atoms with Crippen LogP contribution in [0.15, 0.2) is 97.3 Å². The van der Waals surface area contributed by atoms with E-state index in [1.165, 1.54) is 31.1 Å². The molecule has 5 rings (SSSR count). The van der Waals surface area contributed by atoms with Gasteiger partial charge in [0.15, 0.2) is 5.82 Å². The fourth-order valence-electron chi connectivity index (χ4n) is 5.47. The van der Waals surface area contributed by atoms with E-state index < -0.39 is 24.0 Å². The van der Waals surface area contributed by atoms with Gasteiger partial charge in [-0.15, -0.1) is 11.3 Å². The molecule has 52 heavy (non-hydrogen) atoms. The number of unbranched alkanes of at least 4 members (excludes halogenated alkanes) is 2. The predicted octanol–water partition coefficient (Wildman–Crippen LogP) is 8.34. The third kappa shape index (κ3) is 10.1. The largest absolute Gasteiger partial charge is 0.494 e. The van der Waals surface area contributed by atoms with E-state index in [-0.39, 0.29) is 17.7 Å². The summed E-state index contributed by atoms with van der Waals surface area (Å²) in [6.07, 6.45) is 7.16. The molecule has 5 aromatic rings. The van der Waals surface area contributed by atoms with Gasteiger partial charge in [-0.1, -0.05) is 101 Å². The number of aliphatic carboxylic acids is 1. The Hall–Kier alpha value is -5.35. The lowest BCUT2D eigenvalue weighted by atomic mass is 9.95. The molecule has 0 aliphatic carbocycles. The minimum Gasteiger partial charge on any atom is -0.494 e. The first kappa shape index (κ1) is 37.9. The molecular weight excluding hydrogens is 673 g/mol. The summed E-state index contributed by atoms with van der Waals surface area (Å²) in [7, 11) is 0. The van der Waals surface area contributed by atoms with Crippen molar-refractivity contribution in [3.8, 4) is 39.4 Å². The first-order chi connectivity index (χ1) is 24.9. The van der Waals surface area contributed by atoms with Crippen molar-refractivity contribution in [3.05, 3.63) is 113 Å². The van der Waals surface area contributed by atoms with Crippen LogP contribution in [-0.4, -0.2) is 51.5 Å². The minimum atomic E-state index is -1.16. The van der Waals surface area contributed by atoms with E-state index in [1.807, 2.05) is 42.5 Å². The van der Waals surface area contributed by atoms with Crippen LogP contribution in [0.4, 0.5) is 0 Å². The molecule has 0 fully saturated rings. The van der Waals surface area contributed by atoms with E-state index in [9.17, 15) is 19.5 Å². The molecule has 0 spiro atoms. The maximum Gasteiger partial charge on any atom is 0.325 e. The summed E-state index contributed by atoms with van der Waals surface area (Å²) in [5, 5.41) is 14.6. The van der Waals surface area contributed by atoms with E-state index in [4.69, 9.17) is 4.74 Å². The van der Waals surface area contributed by atoms with Gasteiger partial charge in [0.1, 0.15) is 17.8 Å². The Morgan fingerprint density at radius 2 is 1.35 bits per heavy atom. The van der Waals surface area contributed by atoms with Gasteiger partial charge in [0.25, 0.3) is 5.91 Å². The number of ether oxygens (including phenoxy) is 1. The van der Waals surface area contributed by atoms with Crippen molar-refractivity contribution < 1.29 is 24.2 Å². The quantitative estimate of drug-likeness (QED) is 0.0928. The van der Waals surface area contributed by atoms with E-state index >= 15 is 0 Å². The van der Waals surface area contributed by atoms with Crippen molar-refractivity contribution in [2.75, 3.05) is 6.61 Å². The Balaban J connectivity index is 1.23. The topological polar surface area (TPSA) is 131 Å². The van der Waals surface area contributed by atoms with Crippen LogP contribution in [0.25, 0.3) is 33.6 Å². The van der Waals surface area contributed by atoms with Gasteiger partial charge < -0.3 is 20.5 Å². The fourth-order valence-corrected chi connectivity index (χ4v) is 6.44. The van der Waals surface area contributed by atoms with Gasteiger partial charge in [0.2, 0.25) is 5.91 Å². The monoisotopic (exact) mass is 718 g/mol. The highest BCUT2D eigenvalue weighted by Crippen LogP contribution is 2.30. The highest BCUT2D eigenvalue weighted by Gasteiger charge is 2.26. The maximum atomic E-state index is 13.2. The van der Waals surface area contributed by atoms with Crippen LogP contribution in [0, 0.1) is 0 Å². The third-order valence-electron chi connectivity index (χ3n) is 8.65. The molecule has 0 aliphatic heterocycles. The van der Waals surface area contributed by atoms with Gasteiger partial charge in [-0.05, 0) is 65.3 Å². The fraction of sp³-hybridized carbons (Fsp3) is 0.310. The number of nitrogens with zero attached hydrogens (tertiary/aromatic N) is 2. The summed E-state index contributed by atoms with van der Waals surface area (Å²) in [5.74, 6) is -0.693. The number of rotatable bonds is 15.